The normalized spacial score (nSPS) is 10.7. The highest BCUT2D eigenvalue weighted by molar-refractivity contribution is 7.00. The number of nitrogens with zero attached hydrogens (tertiary/aromatic N) is 2. The van der Waals surface area contributed by atoms with Gasteiger partial charge < -0.3 is 14.8 Å². The fourth-order valence-electron chi connectivity index (χ4n) is 2.68. The average Bonchev–Trinajstić information content (AvgIpc) is 3.20. The molecule has 0 saturated carbocycles. The van der Waals surface area contributed by atoms with Crippen molar-refractivity contribution in [1.29, 1.82) is 0 Å². The van der Waals surface area contributed by atoms with Crippen molar-refractivity contribution in [2.75, 3.05) is 18.5 Å². The van der Waals surface area contributed by atoms with E-state index in [-0.39, 0.29) is 6.61 Å². The Kier molecular flexibility index (Phi) is 5.11. The van der Waals surface area contributed by atoms with Crippen LogP contribution in [0.4, 0.5) is 5.69 Å². The monoisotopic (exact) mass is 393 g/mol. The molecule has 140 valence electrons. The van der Waals surface area contributed by atoms with Gasteiger partial charge in [0.2, 0.25) is 0 Å². The van der Waals surface area contributed by atoms with Crippen molar-refractivity contribution in [2.24, 2.45) is 0 Å². The van der Waals surface area contributed by atoms with Gasteiger partial charge in [-0.15, -0.1) is 0 Å². The van der Waals surface area contributed by atoms with Gasteiger partial charge in [-0.25, -0.2) is 4.79 Å². The minimum Gasteiger partial charge on any atom is -0.482 e. The Labute approximate surface area is 164 Å². The first-order chi connectivity index (χ1) is 13.7. The number of aromatic nitrogens is 2. The average molecular weight is 393 g/mol. The molecule has 4 rings (SSSR count). The number of carbonyl (C=O) groups excluding carboxylic acids is 2. The van der Waals surface area contributed by atoms with Crippen LogP contribution in [-0.4, -0.2) is 33.8 Å². The first-order valence-electron chi connectivity index (χ1n) is 8.47. The highest BCUT2D eigenvalue weighted by atomic mass is 32.1. The first-order valence-corrected chi connectivity index (χ1v) is 9.20. The zero-order valence-corrected chi connectivity index (χ0v) is 15.4. The van der Waals surface area contributed by atoms with Crippen molar-refractivity contribution in [1.82, 2.24) is 8.75 Å². The Bertz CT molecular complexity index is 1160. The molecule has 8 heteroatoms. The maximum absolute atomic E-state index is 12.0. The molecule has 0 radical (unpaired) electrons. The number of nitrogens with one attached hydrogen (secondary N) is 1. The Morgan fingerprint density at radius 3 is 2.68 bits per heavy atom. The molecule has 0 unspecified atom stereocenters. The number of esters is 1. The van der Waals surface area contributed by atoms with Gasteiger partial charge in [-0.05, 0) is 35.0 Å². The molecule has 1 aromatic heterocycles. The van der Waals surface area contributed by atoms with E-state index >= 15 is 0 Å². The largest absolute Gasteiger partial charge is 0.482 e. The molecule has 0 fully saturated rings. The minimum atomic E-state index is -0.628. The third kappa shape index (κ3) is 4.07. The molecular formula is C20H15N3O4S. The number of ether oxygens (including phenoxy) is 2. The van der Waals surface area contributed by atoms with Crippen molar-refractivity contribution in [3.63, 3.8) is 0 Å². The van der Waals surface area contributed by atoms with E-state index in [1.165, 1.54) is 0 Å². The summed E-state index contributed by atoms with van der Waals surface area (Å²) in [4.78, 5) is 23.9. The van der Waals surface area contributed by atoms with Crippen molar-refractivity contribution >= 4 is 51.1 Å². The van der Waals surface area contributed by atoms with Gasteiger partial charge in [0.25, 0.3) is 5.91 Å². The smallest absolute Gasteiger partial charge is 0.344 e. The summed E-state index contributed by atoms with van der Waals surface area (Å²) >= 11 is 1.06. The van der Waals surface area contributed by atoms with Gasteiger partial charge in [-0.1, -0.05) is 36.4 Å². The Morgan fingerprint density at radius 1 is 0.929 bits per heavy atom. The van der Waals surface area contributed by atoms with Gasteiger partial charge in [0, 0.05) is 0 Å². The number of anilines is 1. The summed E-state index contributed by atoms with van der Waals surface area (Å²) in [6, 6.07) is 18.7. The Morgan fingerprint density at radius 2 is 1.79 bits per heavy atom. The third-order valence-electron chi connectivity index (χ3n) is 4.00. The standard InChI is InChI=1S/C20H15N3O4S/c24-18(21-16-6-3-7-17-20(16)23-28-22-17)11-27-19(25)12-26-15-9-8-13-4-1-2-5-14(13)10-15/h1-10H,11-12H2,(H,21,24). The zero-order valence-electron chi connectivity index (χ0n) is 14.6. The fraction of sp³-hybridized carbons (Fsp3) is 0.100. The fourth-order valence-corrected chi connectivity index (χ4v) is 3.23. The summed E-state index contributed by atoms with van der Waals surface area (Å²) in [5, 5.41) is 4.76. The van der Waals surface area contributed by atoms with Crippen LogP contribution in [0.15, 0.2) is 60.7 Å². The lowest BCUT2D eigenvalue weighted by Gasteiger charge is -2.08. The van der Waals surface area contributed by atoms with Gasteiger partial charge in [0.05, 0.1) is 17.4 Å². The third-order valence-corrected chi connectivity index (χ3v) is 4.54. The highest BCUT2D eigenvalue weighted by Crippen LogP contribution is 2.21. The van der Waals surface area contributed by atoms with Gasteiger partial charge in [-0.2, -0.15) is 8.75 Å². The second kappa shape index (κ2) is 8.01. The number of rotatable bonds is 6. The molecule has 1 amide bonds. The second-order valence-electron chi connectivity index (χ2n) is 5.94. The molecule has 0 aliphatic heterocycles. The summed E-state index contributed by atoms with van der Waals surface area (Å²) in [6.07, 6.45) is 0. The van der Waals surface area contributed by atoms with E-state index < -0.39 is 18.5 Å². The zero-order chi connectivity index (χ0) is 19.3. The lowest BCUT2D eigenvalue weighted by molar-refractivity contribution is -0.149. The van der Waals surface area contributed by atoms with Crippen molar-refractivity contribution in [3.05, 3.63) is 60.7 Å². The number of fused-ring (bicyclic) bond motifs is 2. The summed E-state index contributed by atoms with van der Waals surface area (Å²) in [6.45, 7) is -0.689. The van der Waals surface area contributed by atoms with Gasteiger partial charge in [-0.3, -0.25) is 4.79 Å². The van der Waals surface area contributed by atoms with Crippen LogP contribution in [-0.2, 0) is 14.3 Å². The van der Waals surface area contributed by atoms with Crippen LogP contribution in [0.2, 0.25) is 0 Å². The number of amides is 1. The Balaban J connectivity index is 1.28. The van der Waals surface area contributed by atoms with E-state index in [4.69, 9.17) is 9.47 Å². The molecule has 0 bridgehead atoms. The van der Waals surface area contributed by atoms with Gasteiger partial charge in [0.1, 0.15) is 16.8 Å². The minimum absolute atomic E-state index is 0.281. The van der Waals surface area contributed by atoms with Crippen molar-refractivity contribution in [3.8, 4) is 5.75 Å². The van der Waals surface area contributed by atoms with Crippen LogP contribution < -0.4 is 10.1 Å². The summed E-state index contributed by atoms with van der Waals surface area (Å²) < 4.78 is 18.7. The molecule has 1 heterocycles. The predicted molar refractivity (Wildman–Crippen MR) is 106 cm³/mol. The molecule has 0 spiro atoms. The number of benzene rings is 3. The molecular weight excluding hydrogens is 378 g/mol. The summed E-state index contributed by atoms with van der Waals surface area (Å²) in [5.41, 5.74) is 1.83. The van der Waals surface area contributed by atoms with Crippen LogP contribution in [0, 0.1) is 0 Å². The summed E-state index contributed by atoms with van der Waals surface area (Å²) in [7, 11) is 0. The molecule has 0 atom stereocenters. The van der Waals surface area contributed by atoms with E-state index in [2.05, 4.69) is 14.1 Å². The van der Waals surface area contributed by atoms with Crippen molar-refractivity contribution in [2.45, 2.75) is 0 Å². The topological polar surface area (TPSA) is 90.4 Å². The molecule has 28 heavy (non-hydrogen) atoms. The van der Waals surface area contributed by atoms with Crippen LogP contribution >= 0.6 is 11.7 Å². The van der Waals surface area contributed by atoms with Crippen LogP contribution in [0.3, 0.4) is 0 Å². The molecule has 3 aromatic carbocycles. The van der Waals surface area contributed by atoms with Gasteiger partial charge in [0.15, 0.2) is 13.2 Å². The predicted octanol–water partition coefficient (Wildman–Crippen LogP) is 3.41. The summed E-state index contributed by atoms with van der Waals surface area (Å²) in [5.74, 6) is -0.529. The molecule has 0 aliphatic rings. The molecule has 0 saturated heterocycles. The highest BCUT2D eigenvalue weighted by Gasteiger charge is 2.12. The van der Waals surface area contributed by atoms with Crippen LogP contribution in [0.1, 0.15) is 0 Å². The van der Waals surface area contributed by atoms with E-state index in [9.17, 15) is 9.59 Å². The SMILES string of the molecule is O=C(COC(=O)COc1ccc2ccccc2c1)Nc1cccc2nsnc12. The van der Waals surface area contributed by atoms with E-state index in [0.29, 0.717) is 22.5 Å². The van der Waals surface area contributed by atoms with Crippen LogP contribution in [0.25, 0.3) is 21.8 Å². The Hall–Kier alpha value is -3.52. The quantitative estimate of drug-likeness (QED) is 0.505. The molecule has 7 nitrogen and oxygen atoms in total. The molecule has 0 aliphatic carbocycles. The van der Waals surface area contributed by atoms with Crippen LogP contribution in [0.5, 0.6) is 5.75 Å². The molecule has 4 aromatic rings. The number of hydrogen-bond donors (Lipinski definition) is 1. The number of hydrogen-bond acceptors (Lipinski definition) is 7. The van der Waals surface area contributed by atoms with E-state index in [1.54, 1.807) is 24.3 Å². The second-order valence-corrected chi connectivity index (χ2v) is 6.47. The maximum atomic E-state index is 12.0. The number of carbonyl (C=O) groups is 2. The van der Waals surface area contributed by atoms with E-state index in [1.807, 2.05) is 36.4 Å². The lowest BCUT2D eigenvalue weighted by Crippen LogP contribution is -2.23. The first kappa shape index (κ1) is 17.9. The maximum Gasteiger partial charge on any atom is 0.344 e. The van der Waals surface area contributed by atoms with Gasteiger partial charge >= 0.3 is 5.97 Å². The lowest BCUT2D eigenvalue weighted by atomic mass is 10.1. The molecule has 1 N–H and O–H groups in total. The van der Waals surface area contributed by atoms with Crippen molar-refractivity contribution < 1.29 is 19.1 Å². The van der Waals surface area contributed by atoms with E-state index in [0.717, 1.165) is 22.5 Å².